The SMILES string of the molecule is CC(N1CCN(C(=O)OC(C)(C)C)CC1)N1CCN(c2cccc3c(-c4ccc(OCc5ccccc5)nc4OCc4ccccc4)nn(C)c23)CC1. The van der Waals surface area contributed by atoms with E-state index in [4.69, 9.17) is 24.3 Å². The Balaban J connectivity index is 1.06. The Morgan fingerprint density at radius 1 is 0.736 bits per heavy atom. The first-order valence-electron chi connectivity index (χ1n) is 18.6. The van der Waals surface area contributed by atoms with Gasteiger partial charge in [0.2, 0.25) is 11.8 Å². The second-order valence-electron chi connectivity index (χ2n) is 14.9. The molecular formula is C42H51N7O4. The number of piperazine rings is 2. The largest absolute Gasteiger partial charge is 0.473 e. The van der Waals surface area contributed by atoms with Crippen LogP contribution in [0.25, 0.3) is 22.2 Å². The molecule has 0 bridgehead atoms. The maximum absolute atomic E-state index is 12.6. The number of carbonyl (C=O) groups is 1. The quantitative estimate of drug-likeness (QED) is 0.155. The Morgan fingerprint density at radius 3 is 1.96 bits per heavy atom. The summed E-state index contributed by atoms with van der Waals surface area (Å²) in [6, 6.07) is 30.6. The molecule has 2 aliphatic heterocycles. The fraction of sp³-hybridized carbons (Fsp3) is 0.405. The van der Waals surface area contributed by atoms with Gasteiger partial charge >= 0.3 is 6.09 Å². The number of nitrogens with zero attached hydrogens (tertiary/aromatic N) is 7. The van der Waals surface area contributed by atoms with Crippen molar-refractivity contribution in [2.75, 3.05) is 57.3 Å². The number of hydrogen-bond acceptors (Lipinski definition) is 9. The fourth-order valence-corrected chi connectivity index (χ4v) is 7.19. The number of rotatable bonds is 10. The molecular weight excluding hydrogens is 667 g/mol. The number of benzene rings is 3. The summed E-state index contributed by atoms with van der Waals surface area (Å²) in [6.07, 6.45) is 0.0708. The molecule has 7 rings (SSSR count). The normalized spacial score (nSPS) is 16.5. The molecule has 1 unspecified atom stereocenters. The van der Waals surface area contributed by atoms with Crippen LogP contribution in [0.3, 0.4) is 0 Å². The summed E-state index contributed by atoms with van der Waals surface area (Å²) >= 11 is 0. The average Bonchev–Trinajstić information content (AvgIpc) is 3.52. The maximum atomic E-state index is 12.6. The number of hydrogen-bond donors (Lipinski definition) is 0. The molecule has 2 aliphatic rings. The average molecular weight is 718 g/mol. The molecule has 5 aromatic rings. The Hall–Kier alpha value is -5.13. The van der Waals surface area contributed by atoms with E-state index in [0.717, 1.165) is 72.6 Å². The summed E-state index contributed by atoms with van der Waals surface area (Å²) in [6.45, 7) is 15.6. The lowest BCUT2D eigenvalue weighted by Gasteiger charge is -2.45. The van der Waals surface area contributed by atoms with Gasteiger partial charge < -0.3 is 24.0 Å². The number of fused-ring (bicyclic) bond motifs is 1. The third kappa shape index (κ3) is 8.58. The minimum absolute atomic E-state index is 0.219. The van der Waals surface area contributed by atoms with Crippen LogP contribution < -0.4 is 14.4 Å². The van der Waals surface area contributed by atoms with Crippen LogP contribution in [0.2, 0.25) is 0 Å². The highest BCUT2D eigenvalue weighted by molar-refractivity contribution is 6.01. The van der Waals surface area contributed by atoms with E-state index in [1.54, 1.807) is 0 Å². The van der Waals surface area contributed by atoms with Crippen molar-refractivity contribution in [1.82, 2.24) is 29.5 Å². The zero-order valence-electron chi connectivity index (χ0n) is 31.6. The zero-order chi connectivity index (χ0) is 37.0. The molecule has 0 aliphatic carbocycles. The summed E-state index contributed by atoms with van der Waals surface area (Å²) in [5, 5.41) is 6.12. The van der Waals surface area contributed by atoms with Crippen LogP contribution in [-0.2, 0) is 25.0 Å². The minimum Gasteiger partial charge on any atom is -0.473 e. The molecule has 0 radical (unpaired) electrons. The third-order valence-corrected chi connectivity index (χ3v) is 10.1. The first-order chi connectivity index (χ1) is 25.6. The zero-order valence-corrected chi connectivity index (χ0v) is 31.6. The molecule has 3 aromatic carbocycles. The van der Waals surface area contributed by atoms with Gasteiger partial charge in [0.15, 0.2) is 0 Å². The molecule has 2 aromatic heterocycles. The van der Waals surface area contributed by atoms with Crippen molar-refractivity contribution in [2.24, 2.45) is 7.05 Å². The van der Waals surface area contributed by atoms with Crippen molar-refractivity contribution in [1.29, 1.82) is 0 Å². The van der Waals surface area contributed by atoms with Crippen LogP contribution in [0.5, 0.6) is 11.8 Å². The van der Waals surface area contributed by atoms with Gasteiger partial charge in [0.1, 0.15) is 24.5 Å². The minimum atomic E-state index is -0.483. The van der Waals surface area contributed by atoms with Gasteiger partial charge in [-0.2, -0.15) is 10.1 Å². The fourth-order valence-electron chi connectivity index (χ4n) is 7.19. The summed E-state index contributed by atoms with van der Waals surface area (Å²) in [5.74, 6) is 0.984. The van der Waals surface area contributed by atoms with Crippen LogP contribution in [0, 0.1) is 0 Å². The van der Waals surface area contributed by atoms with E-state index in [-0.39, 0.29) is 6.09 Å². The van der Waals surface area contributed by atoms with Gasteiger partial charge in [-0.1, -0.05) is 72.8 Å². The molecule has 1 amide bonds. The smallest absolute Gasteiger partial charge is 0.410 e. The highest BCUT2D eigenvalue weighted by Gasteiger charge is 2.31. The van der Waals surface area contributed by atoms with E-state index in [1.807, 2.05) is 110 Å². The van der Waals surface area contributed by atoms with Gasteiger partial charge in [0, 0.05) is 70.9 Å². The van der Waals surface area contributed by atoms with Gasteiger partial charge in [-0.15, -0.1) is 0 Å². The van der Waals surface area contributed by atoms with E-state index in [2.05, 4.69) is 39.8 Å². The van der Waals surface area contributed by atoms with E-state index in [0.29, 0.717) is 44.2 Å². The summed E-state index contributed by atoms with van der Waals surface area (Å²) in [4.78, 5) is 26.8. The molecule has 0 N–H and O–H groups in total. The number of aromatic nitrogens is 3. The van der Waals surface area contributed by atoms with Gasteiger partial charge in [-0.05, 0) is 51.0 Å². The highest BCUT2D eigenvalue weighted by Crippen LogP contribution is 2.38. The number of aryl methyl sites for hydroxylation is 1. The second-order valence-corrected chi connectivity index (χ2v) is 14.9. The van der Waals surface area contributed by atoms with E-state index >= 15 is 0 Å². The Morgan fingerprint density at radius 2 is 1.34 bits per heavy atom. The summed E-state index contributed by atoms with van der Waals surface area (Å²) in [5.41, 5.74) is 5.55. The van der Waals surface area contributed by atoms with Crippen LogP contribution in [0.1, 0.15) is 38.8 Å². The number of ether oxygens (including phenoxy) is 3. The summed E-state index contributed by atoms with van der Waals surface area (Å²) in [7, 11) is 2.01. The lowest BCUT2D eigenvalue weighted by molar-refractivity contribution is -0.00850. The molecule has 53 heavy (non-hydrogen) atoms. The number of anilines is 1. The first-order valence-corrected chi connectivity index (χ1v) is 18.6. The predicted octanol–water partition coefficient (Wildman–Crippen LogP) is 6.81. The van der Waals surface area contributed by atoms with Gasteiger partial charge in [0.05, 0.1) is 22.9 Å². The van der Waals surface area contributed by atoms with Crippen LogP contribution in [-0.4, -0.2) is 99.7 Å². The molecule has 2 saturated heterocycles. The predicted molar refractivity (Wildman–Crippen MR) is 208 cm³/mol. The first kappa shape index (κ1) is 36.2. The second kappa shape index (κ2) is 15.9. The van der Waals surface area contributed by atoms with Crippen LogP contribution >= 0.6 is 0 Å². The molecule has 11 nitrogen and oxygen atoms in total. The van der Waals surface area contributed by atoms with Crippen molar-refractivity contribution in [2.45, 2.75) is 52.7 Å². The molecule has 0 spiro atoms. The van der Waals surface area contributed by atoms with Crippen LogP contribution in [0.15, 0.2) is 91.0 Å². The number of pyridine rings is 1. The lowest BCUT2D eigenvalue weighted by atomic mass is 10.1. The lowest BCUT2D eigenvalue weighted by Crippen LogP contribution is -2.59. The van der Waals surface area contributed by atoms with Gasteiger partial charge in [-0.3, -0.25) is 14.5 Å². The Kier molecular flexibility index (Phi) is 10.8. The Labute approximate surface area is 312 Å². The molecule has 4 heterocycles. The number of amides is 1. The highest BCUT2D eigenvalue weighted by atomic mass is 16.6. The van der Waals surface area contributed by atoms with E-state index in [9.17, 15) is 4.79 Å². The molecule has 1 atom stereocenters. The number of carbonyl (C=O) groups excluding carboxylic acids is 1. The van der Waals surface area contributed by atoms with E-state index in [1.165, 1.54) is 5.69 Å². The topological polar surface area (TPSA) is 88.4 Å². The monoisotopic (exact) mass is 717 g/mol. The van der Waals surface area contributed by atoms with Crippen LogP contribution in [0.4, 0.5) is 10.5 Å². The van der Waals surface area contributed by atoms with Crippen molar-refractivity contribution in [3.8, 4) is 23.0 Å². The molecule has 2 fully saturated rings. The van der Waals surface area contributed by atoms with Crippen molar-refractivity contribution >= 4 is 22.7 Å². The standard InChI is InChI=1S/C42H51N7O4/c1-31(47-23-27-49(28-24-47)41(50)53-42(2,3)4)46-21-25-48(26-22-46)36-18-12-17-34-38(44-45(5)39(34)36)35-19-20-37(51-29-32-13-8-6-9-14-32)43-40(35)52-30-33-15-10-7-11-16-33/h6-20,31H,21-30H2,1-5H3. The molecule has 0 saturated carbocycles. The van der Waals surface area contributed by atoms with Crippen molar-refractivity contribution < 1.29 is 19.0 Å². The maximum Gasteiger partial charge on any atom is 0.410 e. The number of para-hydroxylation sites is 1. The molecule has 11 heteroatoms. The van der Waals surface area contributed by atoms with Gasteiger partial charge in [0.25, 0.3) is 0 Å². The van der Waals surface area contributed by atoms with Gasteiger partial charge in [-0.25, -0.2) is 4.79 Å². The van der Waals surface area contributed by atoms with Crippen molar-refractivity contribution in [3.63, 3.8) is 0 Å². The van der Waals surface area contributed by atoms with E-state index < -0.39 is 5.60 Å². The van der Waals surface area contributed by atoms with Crippen molar-refractivity contribution in [3.05, 3.63) is 102 Å². The third-order valence-electron chi connectivity index (χ3n) is 10.1. The summed E-state index contributed by atoms with van der Waals surface area (Å²) < 4.78 is 20.1. The molecule has 278 valence electrons. The Bertz CT molecular complexity index is 1980.